The summed E-state index contributed by atoms with van der Waals surface area (Å²) in [5.74, 6) is 2.99. The molecule has 4 aliphatic rings. The van der Waals surface area contributed by atoms with Gasteiger partial charge in [0.15, 0.2) is 9.84 Å². The van der Waals surface area contributed by atoms with E-state index in [0.717, 1.165) is 76.5 Å². The van der Waals surface area contributed by atoms with Gasteiger partial charge in [-0.25, -0.2) is 17.8 Å². The van der Waals surface area contributed by atoms with Crippen LogP contribution in [-0.2, 0) is 21.8 Å². The van der Waals surface area contributed by atoms with E-state index in [1.165, 1.54) is 31.2 Å². The lowest BCUT2D eigenvalue weighted by Gasteiger charge is -2.50. The van der Waals surface area contributed by atoms with Gasteiger partial charge in [0.05, 0.1) is 10.1 Å². The molecule has 242 valence electrons. The highest BCUT2D eigenvalue weighted by Crippen LogP contribution is 2.52. The molecule has 2 aliphatic carbocycles. The Labute approximate surface area is 269 Å². The molecule has 2 aliphatic heterocycles. The van der Waals surface area contributed by atoms with E-state index in [4.69, 9.17) is 4.98 Å². The van der Waals surface area contributed by atoms with Crippen LogP contribution in [0.3, 0.4) is 0 Å². The highest BCUT2D eigenvalue weighted by atomic mass is 32.2. The maximum atomic E-state index is 14.9. The number of likely N-dealkylation sites (tertiary alicyclic amines) is 1. The third-order valence-corrected chi connectivity index (χ3v) is 13.7. The van der Waals surface area contributed by atoms with E-state index in [1.807, 2.05) is 30.5 Å². The zero-order chi connectivity index (χ0) is 31.2. The summed E-state index contributed by atoms with van der Waals surface area (Å²) in [5, 5.41) is -0.165. The summed E-state index contributed by atoms with van der Waals surface area (Å²) in [5.41, 5.74) is 2.19. The Hall–Kier alpha value is -2.71. The number of rotatable bonds is 11. The minimum atomic E-state index is -3.14. The summed E-state index contributed by atoms with van der Waals surface area (Å²) in [6.07, 6.45) is 12.9. The standard InChI is InChI=1S/C37H49FN4O2S/c1-27(2)36-39-18-21-41(36)26-37(29-6-3-4-7-29,31-8-5-9-32(38)22-31)30-16-19-40(20-17-30)23-28-24-42(25-28)33-10-12-34(13-11-33)45(43,44)35-14-15-35/h5,8-13,18,21-22,27-30,35H,3-4,6-7,14-17,19-20,23-26H2,1-2H3/t37-/m0/s1. The van der Waals surface area contributed by atoms with Crippen molar-refractivity contribution in [2.45, 2.75) is 93.2 Å². The van der Waals surface area contributed by atoms with Crippen LogP contribution >= 0.6 is 0 Å². The first-order chi connectivity index (χ1) is 21.7. The zero-order valence-electron chi connectivity index (χ0n) is 27.0. The molecule has 0 radical (unpaired) electrons. The van der Waals surface area contributed by atoms with Crippen molar-refractivity contribution in [3.63, 3.8) is 0 Å². The summed E-state index contributed by atoms with van der Waals surface area (Å²) in [4.78, 5) is 10.2. The number of benzene rings is 2. The lowest BCUT2D eigenvalue weighted by atomic mass is 9.59. The van der Waals surface area contributed by atoms with Crippen molar-refractivity contribution < 1.29 is 12.8 Å². The number of sulfone groups is 1. The molecule has 0 bridgehead atoms. The van der Waals surface area contributed by atoms with Crippen LogP contribution in [0.15, 0.2) is 65.8 Å². The van der Waals surface area contributed by atoms with Gasteiger partial charge in [0, 0.05) is 61.5 Å². The van der Waals surface area contributed by atoms with Gasteiger partial charge in [0.25, 0.3) is 0 Å². The number of halogens is 1. The van der Waals surface area contributed by atoms with Crippen LogP contribution in [0.2, 0.25) is 0 Å². The van der Waals surface area contributed by atoms with Gasteiger partial charge >= 0.3 is 0 Å². The molecule has 0 N–H and O–H groups in total. The Morgan fingerprint density at radius 1 is 0.933 bits per heavy atom. The van der Waals surface area contributed by atoms with Crippen LogP contribution < -0.4 is 4.90 Å². The van der Waals surface area contributed by atoms with E-state index >= 15 is 0 Å². The van der Waals surface area contributed by atoms with E-state index < -0.39 is 9.84 Å². The summed E-state index contributed by atoms with van der Waals surface area (Å²) >= 11 is 0. The van der Waals surface area contributed by atoms with Crippen LogP contribution in [0, 0.1) is 23.6 Å². The SMILES string of the molecule is CC(C)c1nccn1C[C@](c1cccc(F)c1)(C1CCCC1)C1CCN(CC2CN(c3ccc(S(=O)(=O)C4CC4)cc3)C2)CC1. The molecule has 0 spiro atoms. The van der Waals surface area contributed by atoms with Gasteiger partial charge in [0.1, 0.15) is 11.6 Å². The van der Waals surface area contributed by atoms with Crippen LogP contribution in [0.5, 0.6) is 0 Å². The van der Waals surface area contributed by atoms with E-state index in [-0.39, 0.29) is 16.5 Å². The normalized spacial score (nSPS) is 22.2. The van der Waals surface area contributed by atoms with Crippen LogP contribution in [-0.4, -0.2) is 60.8 Å². The van der Waals surface area contributed by atoms with Crippen molar-refractivity contribution in [3.8, 4) is 0 Å². The van der Waals surface area contributed by atoms with Crippen molar-refractivity contribution in [1.29, 1.82) is 0 Å². The number of aromatic nitrogens is 2. The summed E-state index contributed by atoms with van der Waals surface area (Å²) < 4.78 is 42.4. The lowest BCUT2D eigenvalue weighted by molar-refractivity contribution is 0.0638. The molecule has 4 fully saturated rings. The van der Waals surface area contributed by atoms with Crippen molar-refractivity contribution in [2.24, 2.45) is 17.8 Å². The second-order valence-corrected chi connectivity index (χ2v) is 16.9. The number of hydrogen-bond donors (Lipinski definition) is 0. The molecule has 0 amide bonds. The van der Waals surface area contributed by atoms with Gasteiger partial charge in [-0.1, -0.05) is 38.8 Å². The topological polar surface area (TPSA) is 58.4 Å². The van der Waals surface area contributed by atoms with E-state index in [2.05, 4.69) is 40.5 Å². The molecule has 0 unspecified atom stereocenters. The second kappa shape index (κ2) is 12.5. The predicted octanol–water partition coefficient (Wildman–Crippen LogP) is 7.06. The second-order valence-electron chi connectivity index (χ2n) is 14.7. The van der Waals surface area contributed by atoms with Gasteiger partial charge in [-0.15, -0.1) is 0 Å². The number of imidazole rings is 1. The predicted molar refractivity (Wildman–Crippen MR) is 178 cm³/mol. The summed E-state index contributed by atoms with van der Waals surface area (Å²) in [7, 11) is -3.14. The zero-order valence-corrected chi connectivity index (χ0v) is 27.8. The average molecular weight is 633 g/mol. The first kappa shape index (κ1) is 30.9. The Balaban J connectivity index is 1.03. The van der Waals surface area contributed by atoms with Gasteiger partial charge in [-0.2, -0.15) is 0 Å². The smallest absolute Gasteiger partial charge is 0.181 e. The molecule has 3 aromatic rings. The largest absolute Gasteiger partial charge is 0.371 e. The molecule has 6 nitrogen and oxygen atoms in total. The Kier molecular flexibility index (Phi) is 8.57. The monoisotopic (exact) mass is 632 g/mol. The maximum Gasteiger partial charge on any atom is 0.181 e. The summed E-state index contributed by atoms with van der Waals surface area (Å²) in [6, 6.07) is 15.1. The molecule has 3 heterocycles. The van der Waals surface area contributed by atoms with Crippen molar-refractivity contribution >= 4 is 15.5 Å². The number of nitrogens with zero attached hydrogens (tertiary/aromatic N) is 4. The third kappa shape index (κ3) is 6.09. The van der Waals surface area contributed by atoms with Crippen LogP contribution in [0.4, 0.5) is 10.1 Å². The quantitative estimate of drug-likeness (QED) is 0.227. The first-order valence-corrected chi connectivity index (χ1v) is 18.9. The molecule has 7 rings (SSSR count). The van der Waals surface area contributed by atoms with Gasteiger partial charge in [-0.05, 0) is 105 Å². The third-order valence-electron chi connectivity index (χ3n) is 11.4. The molecule has 2 saturated carbocycles. The molecule has 1 aromatic heterocycles. The number of hydrogen-bond acceptors (Lipinski definition) is 5. The Bertz CT molecular complexity index is 1560. The minimum absolute atomic E-state index is 0.110. The molecule has 1 atom stereocenters. The lowest BCUT2D eigenvalue weighted by Crippen LogP contribution is -2.54. The van der Waals surface area contributed by atoms with Crippen molar-refractivity contribution in [1.82, 2.24) is 14.5 Å². The fraction of sp³-hybridized carbons (Fsp3) is 0.595. The highest BCUT2D eigenvalue weighted by Gasteiger charge is 2.49. The fourth-order valence-corrected chi connectivity index (χ4v) is 10.6. The summed E-state index contributed by atoms with van der Waals surface area (Å²) in [6.45, 7) is 10.6. The highest BCUT2D eigenvalue weighted by molar-refractivity contribution is 7.92. The van der Waals surface area contributed by atoms with E-state index in [1.54, 1.807) is 18.2 Å². The molecule has 2 aromatic carbocycles. The van der Waals surface area contributed by atoms with E-state index in [9.17, 15) is 12.8 Å². The van der Waals surface area contributed by atoms with E-state index in [0.29, 0.717) is 28.6 Å². The van der Waals surface area contributed by atoms with Crippen molar-refractivity contribution in [2.75, 3.05) is 37.6 Å². The molecule has 8 heteroatoms. The van der Waals surface area contributed by atoms with Gasteiger partial charge in [0.2, 0.25) is 0 Å². The fourth-order valence-electron chi connectivity index (χ4n) is 8.92. The first-order valence-electron chi connectivity index (χ1n) is 17.3. The van der Waals surface area contributed by atoms with Gasteiger partial charge in [-0.3, -0.25) is 0 Å². The molecule has 45 heavy (non-hydrogen) atoms. The number of piperidine rings is 1. The molecular weight excluding hydrogens is 583 g/mol. The maximum absolute atomic E-state index is 14.9. The average Bonchev–Trinajstić information content (AvgIpc) is 3.54. The van der Waals surface area contributed by atoms with Gasteiger partial charge < -0.3 is 14.4 Å². The molecular formula is C37H49FN4O2S. The Morgan fingerprint density at radius 3 is 2.27 bits per heavy atom. The van der Waals surface area contributed by atoms with Crippen LogP contribution in [0.25, 0.3) is 0 Å². The molecule has 2 saturated heterocycles. The minimum Gasteiger partial charge on any atom is -0.371 e. The van der Waals surface area contributed by atoms with Crippen molar-refractivity contribution in [3.05, 3.63) is 78.1 Å². The number of anilines is 1. The Morgan fingerprint density at radius 2 is 1.62 bits per heavy atom. The van der Waals surface area contributed by atoms with Crippen LogP contribution in [0.1, 0.15) is 82.5 Å².